The lowest BCUT2D eigenvalue weighted by molar-refractivity contribution is -0.175. The zero-order valence-corrected chi connectivity index (χ0v) is 26.9. The second kappa shape index (κ2) is 16.0. The van der Waals surface area contributed by atoms with Crippen LogP contribution in [0.15, 0.2) is 9.93 Å². The van der Waals surface area contributed by atoms with Crippen LogP contribution in [0.1, 0.15) is 105 Å². The van der Waals surface area contributed by atoms with Crippen LogP contribution in [0.5, 0.6) is 0 Å². The Morgan fingerprint density at radius 2 is 1.73 bits per heavy atom. The molecule has 0 unspecified atom stereocenters. The molecule has 40 heavy (non-hydrogen) atoms. The van der Waals surface area contributed by atoms with Crippen LogP contribution in [-0.4, -0.2) is 67.1 Å². The molecule has 1 N–H and O–H groups in total. The van der Waals surface area contributed by atoms with Crippen LogP contribution in [-0.2, 0) is 34.7 Å². The van der Waals surface area contributed by atoms with Crippen molar-refractivity contribution in [2.24, 2.45) is 11.3 Å². The van der Waals surface area contributed by atoms with Gasteiger partial charge in [-0.2, -0.15) is 0 Å². The Bertz CT molecular complexity index is 952. The zero-order valence-electron chi connectivity index (χ0n) is 24.5. The van der Waals surface area contributed by atoms with Gasteiger partial charge < -0.3 is 14.6 Å². The monoisotopic (exact) mass is 617 g/mol. The molecule has 0 aromatic rings. The maximum atomic E-state index is 13.1. The van der Waals surface area contributed by atoms with Crippen molar-refractivity contribution in [1.82, 2.24) is 4.90 Å². The summed E-state index contributed by atoms with van der Waals surface area (Å²) < 4.78 is 23.2. The highest BCUT2D eigenvalue weighted by atomic mass is 32.2. The van der Waals surface area contributed by atoms with Gasteiger partial charge in [0, 0.05) is 27.6 Å². The molecule has 0 saturated carbocycles. The first kappa shape index (κ1) is 33.5. The lowest BCUT2D eigenvalue weighted by atomic mass is 9.87. The summed E-state index contributed by atoms with van der Waals surface area (Å²) in [5, 5.41) is 9.77. The van der Waals surface area contributed by atoms with Gasteiger partial charge in [0.15, 0.2) is 5.70 Å². The maximum Gasteiger partial charge on any atom is 0.359 e. The second-order valence-corrected chi connectivity index (χ2v) is 16.1. The summed E-state index contributed by atoms with van der Waals surface area (Å²) >= 11 is 2.82. The molecule has 2 fully saturated rings. The van der Waals surface area contributed by atoms with Crippen molar-refractivity contribution in [3.05, 3.63) is 9.93 Å². The minimum atomic E-state index is -0.871. The van der Waals surface area contributed by atoms with E-state index in [0.717, 1.165) is 19.3 Å². The molecule has 3 aliphatic heterocycles. The van der Waals surface area contributed by atoms with Crippen LogP contribution >= 0.6 is 23.5 Å². The van der Waals surface area contributed by atoms with E-state index in [9.17, 15) is 23.7 Å². The highest BCUT2D eigenvalue weighted by molar-refractivity contribution is 8.23. The minimum absolute atomic E-state index is 0.0920. The van der Waals surface area contributed by atoms with Crippen LogP contribution in [0.25, 0.3) is 0 Å². The summed E-state index contributed by atoms with van der Waals surface area (Å²) in [6.07, 6.45) is 12.9. The number of amides is 1. The predicted molar refractivity (Wildman–Crippen MR) is 162 cm³/mol. The summed E-state index contributed by atoms with van der Waals surface area (Å²) in [6.45, 7) is 6.97. The first-order valence-electron chi connectivity index (χ1n) is 14.8. The number of ether oxygens (including phenoxy) is 2. The van der Waals surface area contributed by atoms with Gasteiger partial charge in [-0.25, -0.2) is 4.79 Å². The molecule has 11 heteroatoms. The summed E-state index contributed by atoms with van der Waals surface area (Å²) in [5.41, 5.74) is -0.544. The van der Waals surface area contributed by atoms with E-state index in [-0.39, 0.29) is 22.2 Å². The number of esters is 2. The molecule has 0 aromatic heterocycles. The first-order chi connectivity index (χ1) is 19.1. The Morgan fingerprint density at radius 1 is 1.10 bits per heavy atom. The topological polar surface area (TPSA) is 110 Å². The fourth-order valence-corrected chi connectivity index (χ4v) is 10.5. The van der Waals surface area contributed by atoms with Gasteiger partial charge in [0.25, 0.3) is 0 Å². The summed E-state index contributed by atoms with van der Waals surface area (Å²) in [4.78, 5) is 40.0. The maximum absolute atomic E-state index is 13.1. The number of carbonyl (C=O) groups excluding carboxylic acids is 3. The Labute approximate surface area is 250 Å². The van der Waals surface area contributed by atoms with Crippen LogP contribution in [0, 0.1) is 11.3 Å². The van der Waals surface area contributed by atoms with Gasteiger partial charge in [-0.05, 0) is 33.6 Å². The van der Waals surface area contributed by atoms with Crippen LogP contribution in [0.4, 0.5) is 0 Å². The summed E-state index contributed by atoms with van der Waals surface area (Å²) in [7, 11) is -0.871. The lowest BCUT2D eigenvalue weighted by Gasteiger charge is -2.43. The molecular formula is C29H47NO7S3. The van der Waals surface area contributed by atoms with Gasteiger partial charge in [0.05, 0.1) is 21.7 Å². The van der Waals surface area contributed by atoms with Crippen molar-refractivity contribution in [3.63, 3.8) is 0 Å². The molecule has 0 bridgehead atoms. The third-order valence-corrected chi connectivity index (χ3v) is 12.4. The van der Waals surface area contributed by atoms with Gasteiger partial charge in [0.2, 0.25) is 12.7 Å². The van der Waals surface area contributed by atoms with Crippen molar-refractivity contribution < 1.29 is 33.2 Å². The standard InChI is InChI=1S/C29H47NO7S3/c1-5-6-7-8-9-10-11-12-13-14-16-29(3,4)28(34)37-19-36-26(33)23-27(38-21-15-17-40(35)18-21)39-25-22(20(2)31)24(32)30(23)25/h20-22,25,31H,5-19H2,1-4H3/t20-,21+,22+,25-,40+/m1/s1. The number of β-lactam (4-membered cyclic amide) rings is 1. The Morgan fingerprint density at radius 3 is 2.30 bits per heavy atom. The van der Waals surface area contributed by atoms with Crippen molar-refractivity contribution in [2.75, 3.05) is 18.3 Å². The number of aliphatic hydroxyl groups is 1. The second-order valence-electron chi connectivity index (χ2n) is 11.8. The fourth-order valence-electron chi connectivity index (χ4n) is 5.26. The van der Waals surface area contributed by atoms with E-state index in [1.807, 2.05) is 13.8 Å². The van der Waals surface area contributed by atoms with Gasteiger partial charge in [0.1, 0.15) is 5.37 Å². The van der Waals surface area contributed by atoms with Crippen molar-refractivity contribution in [1.29, 1.82) is 0 Å². The summed E-state index contributed by atoms with van der Waals surface area (Å²) in [6, 6.07) is 0. The Hall–Kier alpha value is -1.04. The zero-order chi connectivity index (χ0) is 29.3. The van der Waals surface area contributed by atoms with E-state index >= 15 is 0 Å². The molecule has 0 spiro atoms. The SMILES string of the molecule is CCCCCCCCCCCCC(C)(C)C(=O)OCOC(=O)C1=C(S[C@H]2CC[S@](=O)C2)S[C@@H]2[C@@H]([C@@H](C)O)C(=O)N12. The number of rotatable bonds is 18. The molecule has 228 valence electrons. The number of hydrogen-bond acceptors (Lipinski definition) is 9. The lowest BCUT2D eigenvalue weighted by Crippen LogP contribution is -2.60. The Kier molecular flexibility index (Phi) is 13.4. The number of unbranched alkanes of at least 4 members (excludes halogenated alkanes) is 9. The van der Waals surface area contributed by atoms with E-state index in [1.54, 1.807) is 6.92 Å². The minimum Gasteiger partial charge on any atom is -0.427 e. The third-order valence-electron chi connectivity index (χ3n) is 7.86. The first-order valence-corrected chi connectivity index (χ1v) is 18.1. The average molecular weight is 618 g/mol. The number of hydrogen-bond donors (Lipinski definition) is 1. The quantitative estimate of drug-likeness (QED) is 0.0896. The van der Waals surface area contributed by atoms with E-state index in [1.165, 1.54) is 79.8 Å². The number of aliphatic hydroxyl groups excluding tert-OH is 1. The fraction of sp³-hybridized carbons (Fsp3) is 0.828. The summed E-state index contributed by atoms with van der Waals surface area (Å²) in [5.74, 6) is -0.882. The normalized spacial score (nSPS) is 25.1. The van der Waals surface area contributed by atoms with Gasteiger partial charge in [-0.3, -0.25) is 18.7 Å². The van der Waals surface area contributed by atoms with Crippen molar-refractivity contribution in [2.45, 2.75) is 121 Å². The molecule has 3 rings (SSSR count). The largest absolute Gasteiger partial charge is 0.427 e. The third kappa shape index (κ3) is 8.98. The number of nitrogens with zero attached hydrogens (tertiary/aromatic N) is 1. The predicted octanol–water partition coefficient (Wildman–Crippen LogP) is 5.70. The van der Waals surface area contributed by atoms with Crippen molar-refractivity contribution in [3.8, 4) is 0 Å². The van der Waals surface area contributed by atoms with Crippen molar-refractivity contribution >= 4 is 52.2 Å². The smallest absolute Gasteiger partial charge is 0.359 e. The molecule has 2 saturated heterocycles. The molecule has 3 heterocycles. The molecule has 1 amide bonds. The molecule has 8 nitrogen and oxygen atoms in total. The Balaban J connectivity index is 1.43. The van der Waals surface area contributed by atoms with E-state index in [2.05, 4.69) is 6.92 Å². The molecule has 0 aromatic carbocycles. The van der Waals surface area contributed by atoms with Crippen LogP contribution < -0.4 is 0 Å². The number of carbonyl (C=O) groups is 3. The van der Waals surface area contributed by atoms with E-state index in [4.69, 9.17) is 9.47 Å². The molecular weight excluding hydrogens is 571 g/mol. The van der Waals surface area contributed by atoms with Gasteiger partial charge in [-0.15, -0.1) is 11.8 Å². The molecule has 0 aliphatic carbocycles. The number of thioether (sulfide) groups is 2. The average Bonchev–Trinajstić information content (AvgIpc) is 3.45. The molecule has 5 atom stereocenters. The van der Waals surface area contributed by atoms with Crippen LogP contribution in [0.2, 0.25) is 0 Å². The van der Waals surface area contributed by atoms with E-state index in [0.29, 0.717) is 22.2 Å². The molecule has 3 aliphatic rings. The van der Waals surface area contributed by atoms with Gasteiger partial charge in [-0.1, -0.05) is 82.9 Å². The molecule has 0 radical (unpaired) electrons. The van der Waals surface area contributed by atoms with Gasteiger partial charge >= 0.3 is 11.9 Å². The van der Waals surface area contributed by atoms with Crippen LogP contribution in [0.3, 0.4) is 0 Å². The number of fused-ring (bicyclic) bond motifs is 1. The highest BCUT2D eigenvalue weighted by Crippen LogP contribution is 2.55. The highest BCUT2D eigenvalue weighted by Gasteiger charge is 2.58. The van der Waals surface area contributed by atoms with E-state index < -0.39 is 47.0 Å².